The lowest BCUT2D eigenvalue weighted by molar-refractivity contribution is -0.126. The second-order valence-electron chi connectivity index (χ2n) is 18.5. The molecule has 58 heavy (non-hydrogen) atoms. The molecular weight excluding hydrogens is 855 g/mol. The van der Waals surface area contributed by atoms with Gasteiger partial charge in [0.05, 0.1) is 25.0 Å². The first-order valence-corrected chi connectivity index (χ1v) is 23.2. The van der Waals surface area contributed by atoms with Crippen LogP contribution < -0.4 is 11.1 Å². The van der Waals surface area contributed by atoms with Crippen LogP contribution in [-0.4, -0.2) is 17.1 Å². The molecule has 3 saturated carbocycles. The number of carbonyl (C=O) groups excluding carboxylic acids is 3. The lowest BCUT2D eigenvalue weighted by atomic mass is 9.70. The number of nitriles is 2. The SMILES string of the molecule is CC(C)[C@@H]1CC[C@@H](C)C[C@H]1C(=O)Cl.CC(C)[C@@H]1CC[C@@H](C)C[C@H]1C(=O)Nc1ccc(CC#N)cc1.CC(C)[C@@H]1CC[C@@H](C)C[C@H]1C(N)=O.N#CCc1ccc(I)cc1. The quantitative estimate of drug-likeness (QED) is 0.191. The Balaban J connectivity index is 0.000000280. The molecule has 9 atom stereocenters. The zero-order chi connectivity index (χ0) is 43.5. The summed E-state index contributed by atoms with van der Waals surface area (Å²) in [5.74, 6) is 5.62. The third kappa shape index (κ3) is 17.7. The van der Waals surface area contributed by atoms with E-state index >= 15 is 0 Å². The van der Waals surface area contributed by atoms with Crippen LogP contribution in [0.5, 0.6) is 0 Å². The molecule has 0 saturated heterocycles. The predicted molar refractivity (Wildman–Crippen MR) is 247 cm³/mol. The Kier molecular flexibility index (Phi) is 23.2. The number of primary amides is 1. The number of nitrogens with two attached hydrogens (primary N) is 1. The Labute approximate surface area is 370 Å². The fourth-order valence-electron chi connectivity index (χ4n) is 9.22. The zero-order valence-electron chi connectivity index (χ0n) is 36.8. The minimum Gasteiger partial charge on any atom is -0.369 e. The minimum atomic E-state index is -0.120. The number of nitrogens with zero attached hydrogens (tertiary/aromatic N) is 2. The topological polar surface area (TPSA) is 137 Å². The first kappa shape index (κ1) is 51.2. The highest BCUT2D eigenvalue weighted by molar-refractivity contribution is 14.1. The molecule has 0 aliphatic heterocycles. The average Bonchev–Trinajstić information content (AvgIpc) is 3.17. The molecule has 0 spiro atoms. The normalized spacial score (nSPS) is 26.6. The molecule has 2 aromatic carbocycles. The van der Waals surface area contributed by atoms with Crippen molar-refractivity contribution in [2.24, 2.45) is 76.7 Å². The van der Waals surface area contributed by atoms with Crippen LogP contribution in [0.25, 0.3) is 0 Å². The number of carbonyl (C=O) groups is 3. The zero-order valence-corrected chi connectivity index (χ0v) is 39.7. The summed E-state index contributed by atoms with van der Waals surface area (Å²) in [5, 5.41) is 20.0. The molecule has 0 unspecified atom stereocenters. The Morgan fingerprint density at radius 1 is 0.655 bits per heavy atom. The largest absolute Gasteiger partial charge is 0.369 e. The maximum Gasteiger partial charge on any atom is 0.227 e. The Morgan fingerprint density at radius 3 is 1.40 bits per heavy atom. The van der Waals surface area contributed by atoms with E-state index in [9.17, 15) is 14.4 Å². The first-order valence-electron chi connectivity index (χ1n) is 21.7. The van der Waals surface area contributed by atoms with Gasteiger partial charge in [-0.15, -0.1) is 0 Å². The second kappa shape index (κ2) is 26.3. The third-order valence-corrected chi connectivity index (χ3v) is 13.8. The van der Waals surface area contributed by atoms with E-state index in [1.807, 2.05) is 48.5 Å². The summed E-state index contributed by atoms with van der Waals surface area (Å²) in [6.07, 6.45) is 11.1. The van der Waals surface area contributed by atoms with E-state index in [4.69, 9.17) is 27.9 Å². The van der Waals surface area contributed by atoms with Crippen molar-refractivity contribution >= 4 is 56.9 Å². The molecule has 3 aliphatic rings. The monoisotopic (exact) mass is 926 g/mol. The van der Waals surface area contributed by atoms with E-state index < -0.39 is 0 Å². The molecule has 3 aliphatic carbocycles. The summed E-state index contributed by atoms with van der Waals surface area (Å²) in [6.45, 7) is 19.9. The molecule has 2 amide bonds. The van der Waals surface area contributed by atoms with Crippen LogP contribution in [-0.2, 0) is 27.2 Å². The van der Waals surface area contributed by atoms with Crippen LogP contribution in [0.3, 0.4) is 0 Å². The van der Waals surface area contributed by atoms with Crippen LogP contribution in [0.1, 0.15) is 131 Å². The highest BCUT2D eigenvalue weighted by atomic mass is 127. The van der Waals surface area contributed by atoms with Gasteiger partial charge in [-0.05, 0) is 161 Å². The summed E-state index contributed by atoms with van der Waals surface area (Å²) in [5.41, 5.74) is 8.31. The lowest BCUT2D eigenvalue weighted by Gasteiger charge is -2.36. The van der Waals surface area contributed by atoms with Crippen molar-refractivity contribution in [2.45, 2.75) is 133 Å². The summed E-state index contributed by atoms with van der Waals surface area (Å²) in [7, 11) is 0. The molecule has 0 aromatic heterocycles. The number of halogens is 2. The van der Waals surface area contributed by atoms with Gasteiger partial charge < -0.3 is 11.1 Å². The summed E-state index contributed by atoms with van der Waals surface area (Å²) in [4.78, 5) is 35.1. The van der Waals surface area contributed by atoms with Crippen molar-refractivity contribution in [3.8, 4) is 12.1 Å². The molecule has 3 N–H and O–H groups in total. The van der Waals surface area contributed by atoms with Gasteiger partial charge in [0.2, 0.25) is 17.1 Å². The fourth-order valence-corrected chi connectivity index (χ4v) is 9.83. The molecular formula is C49H72ClIN4O3. The Morgan fingerprint density at radius 2 is 1.02 bits per heavy atom. The molecule has 2 aromatic rings. The van der Waals surface area contributed by atoms with Crippen molar-refractivity contribution in [3.05, 3.63) is 63.2 Å². The number of rotatable bonds is 9. The number of anilines is 1. The smallest absolute Gasteiger partial charge is 0.227 e. The third-order valence-electron chi connectivity index (χ3n) is 12.8. The van der Waals surface area contributed by atoms with E-state index in [-0.39, 0.29) is 34.8 Å². The van der Waals surface area contributed by atoms with Crippen LogP contribution in [0.2, 0.25) is 0 Å². The van der Waals surface area contributed by atoms with Crippen LogP contribution in [0.4, 0.5) is 5.69 Å². The maximum atomic E-state index is 12.7. The lowest BCUT2D eigenvalue weighted by Crippen LogP contribution is -2.37. The predicted octanol–water partition coefficient (Wildman–Crippen LogP) is 12.4. The van der Waals surface area contributed by atoms with Gasteiger partial charge in [0.25, 0.3) is 0 Å². The van der Waals surface area contributed by atoms with E-state index in [1.54, 1.807) is 0 Å². The van der Waals surface area contributed by atoms with Gasteiger partial charge in [-0.1, -0.05) is 106 Å². The number of amides is 2. The van der Waals surface area contributed by atoms with Crippen LogP contribution >= 0.6 is 34.2 Å². The Hall–Kier alpha value is -2.95. The van der Waals surface area contributed by atoms with Crippen molar-refractivity contribution in [3.63, 3.8) is 0 Å². The number of nitrogens with one attached hydrogen (secondary N) is 1. The van der Waals surface area contributed by atoms with Crippen LogP contribution in [0, 0.1) is 97.2 Å². The highest BCUT2D eigenvalue weighted by Crippen LogP contribution is 2.40. The van der Waals surface area contributed by atoms with E-state index in [1.165, 1.54) is 35.7 Å². The number of benzene rings is 2. The number of hydrogen-bond acceptors (Lipinski definition) is 5. The summed E-state index contributed by atoms with van der Waals surface area (Å²) >= 11 is 7.86. The van der Waals surface area contributed by atoms with Gasteiger partial charge in [0.15, 0.2) is 0 Å². The second-order valence-corrected chi connectivity index (χ2v) is 20.1. The van der Waals surface area contributed by atoms with Crippen molar-refractivity contribution < 1.29 is 14.4 Å². The molecule has 7 nitrogen and oxygen atoms in total. The van der Waals surface area contributed by atoms with E-state index in [0.717, 1.165) is 42.5 Å². The van der Waals surface area contributed by atoms with Crippen LogP contribution in [0.15, 0.2) is 48.5 Å². The molecule has 320 valence electrons. The molecule has 9 heteroatoms. The maximum absolute atomic E-state index is 12.7. The fraction of sp³-hybridized carbons (Fsp3) is 0.653. The van der Waals surface area contributed by atoms with Gasteiger partial charge in [0.1, 0.15) is 0 Å². The summed E-state index contributed by atoms with van der Waals surface area (Å²) in [6, 6.07) is 19.8. The first-order chi connectivity index (χ1) is 27.4. The molecule has 5 rings (SSSR count). The average molecular weight is 927 g/mol. The highest BCUT2D eigenvalue weighted by Gasteiger charge is 2.36. The number of hydrogen-bond donors (Lipinski definition) is 2. The van der Waals surface area contributed by atoms with E-state index in [2.05, 4.69) is 102 Å². The van der Waals surface area contributed by atoms with Crippen molar-refractivity contribution in [1.29, 1.82) is 10.5 Å². The standard InChI is InChI=1S/C19H26N2O.C11H19ClO.C11H21NO.C8H6IN/c1-13(2)17-9-4-14(3)12-18(17)19(22)21-16-7-5-15(6-8-16)10-11-20;2*1-7(2)9-5-4-8(3)6-10(9)11(12)13;9-8-3-1-7(2-4-8)5-6-10/h5-8,13-14,17-18H,4,9-10,12H2,1-3H3,(H,21,22);7-10H,4-6H2,1-3H3;7-10H,4-6H2,1-3H3,(H2,12,13);1-4H,5H2/t14-,17+,18-;2*8-,9+,10-;/m111./s1. The van der Waals surface area contributed by atoms with Crippen molar-refractivity contribution in [2.75, 3.05) is 5.32 Å². The van der Waals surface area contributed by atoms with Crippen molar-refractivity contribution in [1.82, 2.24) is 0 Å². The van der Waals surface area contributed by atoms with Gasteiger partial charge in [-0.3, -0.25) is 14.4 Å². The van der Waals surface area contributed by atoms with Gasteiger partial charge in [-0.2, -0.15) is 10.5 Å². The summed E-state index contributed by atoms with van der Waals surface area (Å²) < 4.78 is 1.21. The van der Waals surface area contributed by atoms with Gasteiger partial charge >= 0.3 is 0 Å². The molecule has 0 bridgehead atoms. The molecule has 0 heterocycles. The minimum absolute atomic E-state index is 0.0924. The van der Waals surface area contributed by atoms with Gasteiger partial charge in [-0.25, -0.2) is 0 Å². The van der Waals surface area contributed by atoms with Gasteiger partial charge in [0, 0.05) is 27.0 Å². The Bertz CT molecular complexity index is 1590. The van der Waals surface area contributed by atoms with E-state index in [0.29, 0.717) is 66.1 Å². The molecule has 3 fully saturated rings. The molecule has 0 radical (unpaired) electrons.